The van der Waals surface area contributed by atoms with E-state index < -0.39 is 5.41 Å². The molecule has 1 rings (SSSR count). The number of carbonyl (C=O) groups is 1. The van der Waals surface area contributed by atoms with Crippen molar-refractivity contribution in [2.24, 2.45) is 5.41 Å². The lowest BCUT2D eigenvalue weighted by Crippen LogP contribution is -2.35. The fraction of sp³-hybridized carbons (Fsp3) is 0.588. The fourth-order valence-corrected chi connectivity index (χ4v) is 2.93. The number of aryl methyl sites for hydroxylation is 1. The largest absolute Gasteiger partial charge is 0.376 e. The van der Waals surface area contributed by atoms with Gasteiger partial charge in [0.15, 0.2) is 0 Å². The Morgan fingerprint density at radius 2 is 1.95 bits per heavy atom. The summed E-state index contributed by atoms with van der Waals surface area (Å²) in [5, 5.41) is 0. The van der Waals surface area contributed by atoms with Crippen molar-refractivity contribution in [3.05, 3.63) is 29.8 Å². The van der Waals surface area contributed by atoms with E-state index in [9.17, 15) is 4.79 Å². The number of ether oxygens (including phenoxy) is 1. The first-order valence-electron chi connectivity index (χ1n) is 7.27. The first kappa shape index (κ1) is 17.3. The Labute approximate surface area is 127 Å². The van der Waals surface area contributed by atoms with E-state index in [0.717, 1.165) is 31.5 Å². The number of thioether (sulfide) groups is 1. The summed E-state index contributed by atoms with van der Waals surface area (Å²) in [6.45, 7) is 8.86. The van der Waals surface area contributed by atoms with E-state index in [1.807, 2.05) is 13.8 Å². The maximum atomic E-state index is 11.3. The van der Waals surface area contributed by atoms with Gasteiger partial charge in [-0.2, -0.15) is 0 Å². The number of rotatable bonds is 9. The molecule has 0 aliphatic rings. The van der Waals surface area contributed by atoms with E-state index in [4.69, 9.17) is 4.74 Å². The summed E-state index contributed by atoms with van der Waals surface area (Å²) >= 11 is 1.75. The van der Waals surface area contributed by atoms with Crippen molar-refractivity contribution in [1.29, 1.82) is 0 Å². The third-order valence-electron chi connectivity index (χ3n) is 3.37. The van der Waals surface area contributed by atoms with E-state index in [1.165, 1.54) is 10.5 Å². The van der Waals surface area contributed by atoms with Crippen molar-refractivity contribution in [2.75, 3.05) is 12.4 Å². The summed E-state index contributed by atoms with van der Waals surface area (Å²) in [6.07, 6.45) is 3.12. The average molecular weight is 294 g/mol. The maximum Gasteiger partial charge on any atom is 0.128 e. The molecule has 0 bridgehead atoms. The van der Waals surface area contributed by atoms with Gasteiger partial charge in [-0.15, -0.1) is 11.8 Å². The Bertz CT molecular complexity index is 398. The van der Waals surface area contributed by atoms with Gasteiger partial charge in [-0.05, 0) is 25.5 Å². The quantitative estimate of drug-likeness (QED) is 0.381. The van der Waals surface area contributed by atoms with Crippen LogP contribution < -0.4 is 0 Å². The summed E-state index contributed by atoms with van der Waals surface area (Å²) in [7, 11) is 0. The van der Waals surface area contributed by atoms with Gasteiger partial charge >= 0.3 is 0 Å². The Morgan fingerprint density at radius 3 is 2.50 bits per heavy atom. The maximum absolute atomic E-state index is 11.3. The molecule has 0 N–H and O–H groups in total. The van der Waals surface area contributed by atoms with Crippen LogP contribution in [0.3, 0.4) is 0 Å². The van der Waals surface area contributed by atoms with Crippen LogP contribution in [0, 0.1) is 12.3 Å². The molecule has 2 nitrogen and oxygen atoms in total. The van der Waals surface area contributed by atoms with Crippen molar-refractivity contribution in [3.63, 3.8) is 0 Å². The zero-order valence-corrected chi connectivity index (χ0v) is 13.8. The predicted octanol–water partition coefficient (Wildman–Crippen LogP) is 4.50. The van der Waals surface area contributed by atoms with Crippen LogP contribution in [0.5, 0.6) is 0 Å². The van der Waals surface area contributed by atoms with Crippen LogP contribution in [0.1, 0.15) is 39.2 Å². The van der Waals surface area contributed by atoms with Crippen LogP contribution in [0.4, 0.5) is 0 Å². The molecule has 0 saturated carbocycles. The second kappa shape index (κ2) is 8.48. The van der Waals surface area contributed by atoms with Gasteiger partial charge in [0.05, 0.1) is 6.10 Å². The van der Waals surface area contributed by atoms with Crippen LogP contribution in [0.25, 0.3) is 0 Å². The molecule has 3 heteroatoms. The molecule has 0 spiro atoms. The van der Waals surface area contributed by atoms with Gasteiger partial charge < -0.3 is 9.53 Å². The smallest absolute Gasteiger partial charge is 0.128 e. The molecule has 0 radical (unpaired) electrons. The van der Waals surface area contributed by atoms with E-state index >= 15 is 0 Å². The van der Waals surface area contributed by atoms with Crippen molar-refractivity contribution in [1.82, 2.24) is 0 Å². The zero-order valence-electron chi connectivity index (χ0n) is 13.0. The summed E-state index contributed by atoms with van der Waals surface area (Å²) in [5.74, 6) is 0.804. The van der Waals surface area contributed by atoms with Gasteiger partial charge in [-0.3, -0.25) is 0 Å². The second-order valence-corrected chi connectivity index (χ2v) is 6.87. The monoisotopic (exact) mass is 294 g/mol. The average Bonchev–Trinajstić information content (AvgIpc) is 2.44. The molecule has 0 fully saturated rings. The van der Waals surface area contributed by atoms with Gasteiger partial charge in [0.2, 0.25) is 0 Å². The Balaban J connectivity index is 2.59. The molecule has 1 aromatic carbocycles. The lowest BCUT2D eigenvalue weighted by atomic mass is 9.89. The Hall–Kier alpha value is -0.800. The van der Waals surface area contributed by atoms with E-state index in [2.05, 4.69) is 38.1 Å². The number of hydrogen-bond acceptors (Lipinski definition) is 3. The molecule has 20 heavy (non-hydrogen) atoms. The highest BCUT2D eigenvalue weighted by Gasteiger charge is 2.30. The zero-order chi connectivity index (χ0) is 15.0. The Kier molecular flexibility index (Phi) is 7.31. The van der Waals surface area contributed by atoms with Crippen molar-refractivity contribution >= 4 is 18.0 Å². The van der Waals surface area contributed by atoms with Crippen LogP contribution >= 0.6 is 11.8 Å². The lowest BCUT2D eigenvalue weighted by Gasteiger charge is -2.29. The molecule has 1 aromatic rings. The third kappa shape index (κ3) is 5.68. The molecule has 0 aliphatic carbocycles. The highest BCUT2D eigenvalue weighted by Crippen LogP contribution is 2.28. The molecule has 1 unspecified atom stereocenters. The summed E-state index contributed by atoms with van der Waals surface area (Å²) < 4.78 is 5.93. The summed E-state index contributed by atoms with van der Waals surface area (Å²) in [5.41, 5.74) is 0.823. The number of aldehydes is 1. The topological polar surface area (TPSA) is 26.3 Å². The van der Waals surface area contributed by atoms with E-state index in [-0.39, 0.29) is 6.10 Å². The first-order valence-corrected chi connectivity index (χ1v) is 8.25. The van der Waals surface area contributed by atoms with Gasteiger partial charge in [0.1, 0.15) is 6.29 Å². The molecule has 0 heterocycles. The fourth-order valence-electron chi connectivity index (χ4n) is 1.73. The van der Waals surface area contributed by atoms with Crippen LogP contribution in [0.2, 0.25) is 0 Å². The highest BCUT2D eigenvalue weighted by atomic mass is 32.2. The molecule has 0 aliphatic heterocycles. The molecule has 112 valence electrons. The molecule has 0 aromatic heterocycles. The van der Waals surface area contributed by atoms with Gasteiger partial charge in [0.25, 0.3) is 0 Å². The number of carbonyl (C=O) groups excluding carboxylic acids is 1. The van der Waals surface area contributed by atoms with Crippen LogP contribution in [-0.2, 0) is 9.53 Å². The molecule has 0 saturated heterocycles. The van der Waals surface area contributed by atoms with Crippen LogP contribution in [0.15, 0.2) is 29.2 Å². The van der Waals surface area contributed by atoms with Crippen molar-refractivity contribution in [3.8, 4) is 0 Å². The van der Waals surface area contributed by atoms with Crippen LogP contribution in [-0.4, -0.2) is 24.7 Å². The molecule has 0 amide bonds. The molecular weight excluding hydrogens is 268 g/mol. The van der Waals surface area contributed by atoms with Crippen molar-refractivity contribution in [2.45, 2.75) is 51.5 Å². The van der Waals surface area contributed by atoms with Gasteiger partial charge in [0, 0.05) is 22.7 Å². The minimum absolute atomic E-state index is 0.0437. The number of benzene rings is 1. The number of unbranched alkanes of at least 4 members (excludes halogenated alkanes) is 1. The second-order valence-electron chi connectivity index (χ2n) is 5.78. The minimum atomic E-state index is -0.439. The third-order valence-corrected chi connectivity index (χ3v) is 4.45. The van der Waals surface area contributed by atoms with Crippen molar-refractivity contribution < 1.29 is 9.53 Å². The molecular formula is C17H26O2S. The van der Waals surface area contributed by atoms with Gasteiger partial charge in [-0.1, -0.05) is 44.9 Å². The van der Waals surface area contributed by atoms with Gasteiger partial charge in [-0.25, -0.2) is 0 Å². The first-order chi connectivity index (χ1) is 9.49. The predicted molar refractivity (Wildman–Crippen MR) is 86.4 cm³/mol. The number of hydrogen-bond donors (Lipinski definition) is 0. The lowest BCUT2D eigenvalue weighted by molar-refractivity contribution is -0.122. The summed E-state index contributed by atoms with van der Waals surface area (Å²) in [6, 6.07) is 8.47. The van der Waals surface area contributed by atoms with E-state index in [1.54, 1.807) is 11.8 Å². The standard InChI is InChI=1S/C17H26O2S/c1-5-6-11-19-16(17(3,4)13-18)12-20-15-9-7-14(2)8-10-15/h7-10,13,16H,5-6,11-12H2,1-4H3. The Morgan fingerprint density at radius 1 is 1.30 bits per heavy atom. The summed E-state index contributed by atoms with van der Waals surface area (Å²) in [4.78, 5) is 12.5. The highest BCUT2D eigenvalue weighted by molar-refractivity contribution is 7.99. The normalized spacial score (nSPS) is 13.2. The SMILES string of the molecule is CCCCOC(CSc1ccc(C)cc1)C(C)(C)C=O. The van der Waals surface area contributed by atoms with E-state index in [0.29, 0.717) is 0 Å². The minimum Gasteiger partial charge on any atom is -0.376 e. The molecule has 1 atom stereocenters.